The van der Waals surface area contributed by atoms with E-state index in [1.807, 2.05) is 25.1 Å². The Balaban J connectivity index is 1.77. The largest absolute Gasteiger partial charge is 0.507 e. The molecule has 148 valence electrons. The molecule has 0 aliphatic rings. The zero-order chi connectivity index (χ0) is 20.8. The quantitative estimate of drug-likeness (QED) is 0.350. The highest BCUT2D eigenvalue weighted by Crippen LogP contribution is 2.37. The van der Waals surface area contributed by atoms with Gasteiger partial charge in [0.25, 0.3) is 0 Å². The standard InChI is InChI=1S/C22H15BrF3NO2/c1-2-18-20(14-5-9-16-13(11-14)6-10-17(28)19(16)23)27-21(29-18)12-3-7-15(8-4-12)22(24,25)26/h3-11,28H,2H2,1H3. The molecule has 4 aromatic rings. The highest BCUT2D eigenvalue weighted by atomic mass is 79.9. The minimum atomic E-state index is -4.39. The van der Waals surface area contributed by atoms with Crippen molar-refractivity contribution in [3.63, 3.8) is 0 Å². The number of benzene rings is 3. The maximum absolute atomic E-state index is 12.8. The van der Waals surface area contributed by atoms with E-state index in [1.54, 1.807) is 12.1 Å². The van der Waals surface area contributed by atoms with E-state index in [4.69, 9.17) is 4.42 Å². The van der Waals surface area contributed by atoms with Gasteiger partial charge in [-0.15, -0.1) is 0 Å². The molecule has 0 spiro atoms. The van der Waals surface area contributed by atoms with Gasteiger partial charge in [-0.3, -0.25) is 0 Å². The number of halogens is 4. The van der Waals surface area contributed by atoms with Crippen molar-refractivity contribution in [2.24, 2.45) is 0 Å². The number of aryl methyl sites for hydroxylation is 1. The molecule has 29 heavy (non-hydrogen) atoms. The normalized spacial score (nSPS) is 11.9. The number of fused-ring (bicyclic) bond motifs is 1. The summed E-state index contributed by atoms with van der Waals surface area (Å²) < 4.78 is 44.8. The molecule has 0 radical (unpaired) electrons. The molecule has 0 saturated carbocycles. The van der Waals surface area contributed by atoms with Crippen molar-refractivity contribution in [2.75, 3.05) is 0 Å². The molecule has 1 heterocycles. The third-order valence-corrected chi connectivity index (χ3v) is 5.52. The molecule has 0 aliphatic carbocycles. The highest BCUT2D eigenvalue weighted by molar-refractivity contribution is 9.10. The Morgan fingerprint density at radius 3 is 2.34 bits per heavy atom. The lowest BCUT2D eigenvalue weighted by molar-refractivity contribution is -0.137. The van der Waals surface area contributed by atoms with Gasteiger partial charge in [0, 0.05) is 17.5 Å². The van der Waals surface area contributed by atoms with Gasteiger partial charge >= 0.3 is 6.18 Å². The van der Waals surface area contributed by atoms with E-state index in [2.05, 4.69) is 20.9 Å². The van der Waals surface area contributed by atoms with Gasteiger partial charge in [-0.05, 0) is 63.1 Å². The Bertz CT molecular complexity index is 1200. The van der Waals surface area contributed by atoms with Gasteiger partial charge in [-0.1, -0.05) is 25.1 Å². The maximum Gasteiger partial charge on any atom is 0.416 e. The Labute approximate surface area is 172 Å². The second kappa shape index (κ2) is 7.22. The number of nitrogens with zero attached hydrogens (tertiary/aromatic N) is 1. The number of alkyl halides is 3. The van der Waals surface area contributed by atoms with E-state index < -0.39 is 11.7 Å². The van der Waals surface area contributed by atoms with Gasteiger partial charge in [0.1, 0.15) is 17.2 Å². The predicted octanol–water partition coefficient (Wildman–Crippen LogP) is 7.21. The second-order valence-corrected chi connectivity index (χ2v) is 7.35. The molecule has 7 heteroatoms. The Morgan fingerprint density at radius 1 is 1.00 bits per heavy atom. The van der Waals surface area contributed by atoms with Gasteiger partial charge in [0.15, 0.2) is 0 Å². The SMILES string of the molecule is CCc1oc(-c2ccc(C(F)(F)F)cc2)nc1-c1ccc2c(Br)c(O)ccc2c1. The van der Waals surface area contributed by atoms with Crippen LogP contribution in [0.1, 0.15) is 18.2 Å². The minimum Gasteiger partial charge on any atom is -0.507 e. The fourth-order valence-electron chi connectivity index (χ4n) is 3.17. The third-order valence-electron chi connectivity index (χ3n) is 4.68. The number of phenols is 1. The molecular formula is C22H15BrF3NO2. The fraction of sp³-hybridized carbons (Fsp3) is 0.136. The first kappa shape index (κ1) is 19.5. The van der Waals surface area contributed by atoms with E-state index in [0.717, 1.165) is 28.5 Å². The highest BCUT2D eigenvalue weighted by Gasteiger charge is 2.30. The molecular weight excluding hydrogens is 447 g/mol. The van der Waals surface area contributed by atoms with E-state index in [9.17, 15) is 18.3 Å². The summed E-state index contributed by atoms with van der Waals surface area (Å²) in [5.74, 6) is 1.08. The summed E-state index contributed by atoms with van der Waals surface area (Å²) in [4.78, 5) is 4.55. The van der Waals surface area contributed by atoms with Crippen LogP contribution in [0.5, 0.6) is 5.75 Å². The molecule has 0 atom stereocenters. The van der Waals surface area contributed by atoms with Gasteiger partial charge in [0.05, 0.1) is 10.0 Å². The summed E-state index contributed by atoms with van der Waals surface area (Å²) >= 11 is 3.38. The van der Waals surface area contributed by atoms with Crippen LogP contribution in [0.2, 0.25) is 0 Å². The van der Waals surface area contributed by atoms with Crippen molar-refractivity contribution in [1.29, 1.82) is 0 Å². The van der Waals surface area contributed by atoms with Crippen molar-refractivity contribution in [3.8, 4) is 28.5 Å². The van der Waals surface area contributed by atoms with Crippen LogP contribution in [0.15, 0.2) is 63.5 Å². The lowest BCUT2D eigenvalue weighted by atomic mass is 10.0. The molecule has 0 aliphatic heterocycles. The second-order valence-electron chi connectivity index (χ2n) is 6.55. The van der Waals surface area contributed by atoms with Gasteiger partial charge < -0.3 is 9.52 Å². The smallest absolute Gasteiger partial charge is 0.416 e. The summed E-state index contributed by atoms with van der Waals surface area (Å²) in [6.07, 6.45) is -3.80. The summed E-state index contributed by atoms with van der Waals surface area (Å²) in [6.45, 7) is 1.93. The maximum atomic E-state index is 12.8. The molecule has 3 nitrogen and oxygen atoms in total. The van der Waals surface area contributed by atoms with Crippen LogP contribution >= 0.6 is 15.9 Å². The summed E-state index contributed by atoms with van der Waals surface area (Å²) in [5.41, 5.74) is 1.24. The van der Waals surface area contributed by atoms with Gasteiger partial charge in [0.2, 0.25) is 5.89 Å². The molecule has 3 aromatic carbocycles. The molecule has 0 fully saturated rings. The predicted molar refractivity (Wildman–Crippen MR) is 109 cm³/mol. The van der Waals surface area contributed by atoms with Crippen LogP contribution in [0.3, 0.4) is 0 Å². The minimum absolute atomic E-state index is 0.158. The number of aromatic hydroxyl groups is 1. The monoisotopic (exact) mass is 461 g/mol. The van der Waals surface area contributed by atoms with Crippen LogP contribution < -0.4 is 0 Å². The van der Waals surface area contributed by atoms with Crippen LogP contribution in [-0.4, -0.2) is 10.1 Å². The van der Waals surface area contributed by atoms with Crippen molar-refractivity contribution in [2.45, 2.75) is 19.5 Å². The number of phenolic OH excluding ortho intramolecular Hbond substituents is 1. The van der Waals surface area contributed by atoms with Crippen molar-refractivity contribution in [3.05, 3.63) is 70.4 Å². The first-order valence-electron chi connectivity index (χ1n) is 8.87. The van der Waals surface area contributed by atoms with Gasteiger partial charge in [-0.25, -0.2) is 4.98 Å². The van der Waals surface area contributed by atoms with Gasteiger partial charge in [-0.2, -0.15) is 13.2 Å². The van der Waals surface area contributed by atoms with E-state index in [0.29, 0.717) is 27.9 Å². The molecule has 0 amide bonds. The fourth-order valence-corrected chi connectivity index (χ4v) is 3.66. The van der Waals surface area contributed by atoms with Crippen molar-refractivity contribution >= 4 is 26.7 Å². The molecule has 0 bridgehead atoms. The van der Waals surface area contributed by atoms with E-state index in [-0.39, 0.29) is 11.6 Å². The Kier molecular flexibility index (Phi) is 4.86. The average molecular weight is 462 g/mol. The van der Waals surface area contributed by atoms with Crippen LogP contribution in [-0.2, 0) is 12.6 Å². The summed E-state index contributed by atoms with van der Waals surface area (Å²) in [5, 5.41) is 11.6. The number of rotatable bonds is 3. The van der Waals surface area contributed by atoms with Crippen LogP contribution in [0.4, 0.5) is 13.2 Å². The molecule has 4 rings (SSSR count). The summed E-state index contributed by atoms with van der Waals surface area (Å²) in [7, 11) is 0. The van der Waals surface area contributed by atoms with Crippen molar-refractivity contribution in [1.82, 2.24) is 4.98 Å². The van der Waals surface area contributed by atoms with E-state index in [1.165, 1.54) is 12.1 Å². The molecule has 1 aromatic heterocycles. The Morgan fingerprint density at radius 2 is 1.69 bits per heavy atom. The summed E-state index contributed by atoms with van der Waals surface area (Å²) in [6, 6.07) is 13.9. The lowest BCUT2D eigenvalue weighted by Gasteiger charge is -2.06. The molecule has 0 unspecified atom stereocenters. The molecule has 0 saturated heterocycles. The first-order chi connectivity index (χ1) is 13.8. The average Bonchev–Trinajstić information content (AvgIpc) is 3.14. The van der Waals surface area contributed by atoms with E-state index >= 15 is 0 Å². The first-order valence-corrected chi connectivity index (χ1v) is 9.66. The number of oxazole rings is 1. The zero-order valence-corrected chi connectivity index (χ0v) is 16.8. The molecule has 1 N–H and O–H groups in total. The van der Waals surface area contributed by atoms with Crippen LogP contribution in [0, 0.1) is 0 Å². The number of aromatic nitrogens is 1. The number of hydrogen-bond acceptors (Lipinski definition) is 3. The lowest BCUT2D eigenvalue weighted by Crippen LogP contribution is -2.03. The Hall–Kier alpha value is -2.80. The topological polar surface area (TPSA) is 46.3 Å². The van der Waals surface area contributed by atoms with Crippen molar-refractivity contribution < 1.29 is 22.7 Å². The zero-order valence-electron chi connectivity index (χ0n) is 15.2. The van der Waals surface area contributed by atoms with Crippen LogP contribution in [0.25, 0.3) is 33.5 Å². The number of hydrogen-bond donors (Lipinski definition) is 1. The third kappa shape index (κ3) is 3.62.